The molecule has 2 aliphatic heterocycles. The second-order valence-electron chi connectivity index (χ2n) is 6.76. The van der Waals surface area contributed by atoms with E-state index in [1.165, 1.54) is 25.8 Å². The Hall–Kier alpha value is -3.38. The molecular formula is C20H20N2O9S. The zero-order valence-corrected chi connectivity index (χ0v) is 17.9. The lowest BCUT2D eigenvalue weighted by Crippen LogP contribution is -2.71. The van der Waals surface area contributed by atoms with Gasteiger partial charge in [-0.05, 0) is 0 Å². The Balaban J connectivity index is 1.86. The summed E-state index contributed by atoms with van der Waals surface area (Å²) in [5.74, 6) is -3.26. The second kappa shape index (κ2) is 9.83. The van der Waals surface area contributed by atoms with Gasteiger partial charge in [0.1, 0.15) is 17.7 Å². The van der Waals surface area contributed by atoms with Crippen LogP contribution in [0, 0.1) is 0 Å². The van der Waals surface area contributed by atoms with Gasteiger partial charge in [-0.15, -0.1) is 11.8 Å². The number of carboxylic acid groups (broad SMARTS) is 1. The molecule has 11 nitrogen and oxygen atoms in total. The van der Waals surface area contributed by atoms with E-state index in [1.54, 1.807) is 30.3 Å². The summed E-state index contributed by atoms with van der Waals surface area (Å²) in [4.78, 5) is 66.2. The molecule has 0 aromatic heterocycles. The molecule has 1 saturated heterocycles. The van der Waals surface area contributed by atoms with Gasteiger partial charge < -0.3 is 14.6 Å². The quantitative estimate of drug-likeness (QED) is 0.237. The summed E-state index contributed by atoms with van der Waals surface area (Å²) >= 11 is 1.20. The van der Waals surface area contributed by atoms with Crippen molar-refractivity contribution in [1.29, 1.82) is 0 Å². The van der Waals surface area contributed by atoms with Gasteiger partial charge in [0.2, 0.25) is 6.10 Å². The first-order chi connectivity index (χ1) is 15.3. The van der Waals surface area contributed by atoms with Crippen molar-refractivity contribution < 1.29 is 43.4 Å². The van der Waals surface area contributed by atoms with E-state index in [9.17, 15) is 29.1 Å². The number of thioether (sulfide) groups is 1. The molecule has 2 heterocycles. The van der Waals surface area contributed by atoms with Crippen LogP contribution in [-0.2, 0) is 38.3 Å². The van der Waals surface area contributed by atoms with Crippen LogP contribution in [0.25, 0.3) is 0 Å². The van der Waals surface area contributed by atoms with Crippen molar-refractivity contribution in [2.24, 2.45) is 0 Å². The molecule has 3 rings (SSSR count). The first-order valence-electron chi connectivity index (χ1n) is 9.36. The maximum atomic E-state index is 13.1. The van der Waals surface area contributed by atoms with Crippen LogP contribution in [0.1, 0.15) is 18.6 Å². The first kappa shape index (κ1) is 23.3. The molecule has 12 heteroatoms. The fraction of sp³-hybridized carbons (Fsp3) is 0.350. The molecule has 32 heavy (non-hydrogen) atoms. The van der Waals surface area contributed by atoms with E-state index < -0.39 is 41.3 Å². The highest BCUT2D eigenvalue weighted by molar-refractivity contribution is 8.00. The van der Waals surface area contributed by atoms with E-state index in [4.69, 9.17) is 14.3 Å². The third-order valence-corrected chi connectivity index (χ3v) is 6.18. The minimum absolute atomic E-state index is 0.125. The number of carbonyl (C=O) groups excluding carboxylic acids is 4. The van der Waals surface area contributed by atoms with Crippen molar-refractivity contribution in [3.63, 3.8) is 0 Å². The van der Waals surface area contributed by atoms with Crippen molar-refractivity contribution in [2.75, 3.05) is 19.5 Å². The van der Waals surface area contributed by atoms with E-state index in [0.717, 1.165) is 9.96 Å². The SMILES string of the molecule is CON(C(=O)C(OC=O)c1ccccc1)C1C(=O)N2C(C(=O)O)=C(COC(C)=O)CS[C@H]12. The molecule has 2 amide bonds. The Kier molecular flexibility index (Phi) is 7.15. The average Bonchev–Trinajstić information content (AvgIpc) is 2.78. The Labute approximate surface area is 186 Å². The molecular weight excluding hydrogens is 444 g/mol. The van der Waals surface area contributed by atoms with Crippen molar-refractivity contribution in [3.8, 4) is 0 Å². The molecule has 0 saturated carbocycles. The highest BCUT2D eigenvalue weighted by atomic mass is 32.2. The van der Waals surface area contributed by atoms with Crippen molar-refractivity contribution in [3.05, 3.63) is 47.2 Å². The van der Waals surface area contributed by atoms with Crippen LogP contribution in [0.5, 0.6) is 0 Å². The van der Waals surface area contributed by atoms with Crippen LogP contribution in [0.3, 0.4) is 0 Å². The number of ether oxygens (including phenoxy) is 2. The second-order valence-corrected chi connectivity index (χ2v) is 7.87. The summed E-state index contributed by atoms with van der Waals surface area (Å²) in [5.41, 5.74) is 0.354. The lowest BCUT2D eigenvalue weighted by molar-refractivity contribution is -0.215. The minimum atomic E-state index is -1.36. The number of benzene rings is 1. The largest absolute Gasteiger partial charge is 0.477 e. The number of carbonyl (C=O) groups is 5. The van der Waals surface area contributed by atoms with Crippen LogP contribution in [0.4, 0.5) is 0 Å². The number of β-lactam (4-membered cyclic amide) rings is 1. The van der Waals surface area contributed by atoms with Gasteiger partial charge in [-0.3, -0.25) is 28.9 Å². The fourth-order valence-corrected chi connectivity index (χ4v) is 4.82. The van der Waals surface area contributed by atoms with Gasteiger partial charge in [0.05, 0.1) is 7.11 Å². The first-order valence-corrected chi connectivity index (χ1v) is 10.4. The molecule has 1 N–H and O–H groups in total. The van der Waals surface area contributed by atoms with Crippen LogP contribution in [-0.4, -0.2) is 76.2 Å². The van der Waals surface area contributed by atoms with Gasteiger partial charge >= 0.3 is 11.9 Å². The van der Waals surface area contributed by atoms with E-state index in [2.05, 4.69) is 0 Å². The zero-order chi connectivity index (χ0) is 23.4. The van der Waals surface area contributed by atoms with E-state index >= 15 is 0 Å². The van der Waals surface area contributed by atoms with Gasteiger partial charge in [-0.2, -0.15) is 0 Å². The van der Waals surface area contributed by atoms with Crippen molar-refractivity contribution >= 4 is 42.0 Å². The van der Waals surface area contributed by atoms with Gasteiger partial charge in [-0.1, -0.05) is 30.3 Å². The Morgan fingerprint density at radius 1 is 1.31 bits per heavy atom. The van der Waals surface area contributed by atoms with Crippen LogP contribution in [0.15, 0.2) is 41.6 Å². The number of hydrogen-bond acceptors (Lipinski definition) is 9. The third kappa shape index (κ3) is 4.32. The highest BCUT2D eigenvalue weighted by Gasteiger charge is 2.58. The monoisotopic (exact) mass is 464 g/mol. The third-order valence-electron chi connectivity index (χ3n) is 4.86. The molecule has 2 unspecified atom stereocenters. The lowest BCUT2D eigenvalue weighted by atomic mass is 10.0. The van der Waals surface area contributed by atoms with Gasteiger partial charge in [0.25, 0.3) is 18.3 Å². The zero-order valence-electron chi connectivity index (χ0n) is 17.1. The molecule has 1 aromatic rings. The molecule has 0 radical (unpaired) electrons. The van der Waals surface area contributed by atoms with E-state index in [0.29, 0.717) is 5.56 Å². The normalized spacial score (nSPS) is 20.6. The van der Waals surface area contributed by atoms with Crippen LogP contribution < -0.4 is 0 Å². The minimum Gasteiger partial charge on any atom is -0.477 e. The summed E-state index contributed by atoms with van der Waals surface area (Å²) < 4.78 is 9.85. The smallest absolute Gasteiger partial charge is 0.352 e. The number of aliphatic carboxylic acids is 1. The van der Waals surface area contributed by atoms with Gasteiger partial charge in [0.15, 0.2) is 6.04 Å². The Morgan fingerprint density at radius 3 is 2.56 bits per heavy atom. The lowest BCUT2D eigenvalue weighted by Gasteiger charge is -2.51. The number of hydroxylamine groups is 2. The Bertz CT molecular complexity index is 965. The molecule has 0 aliphatic carbocycles. The molecule has 1 aromatic carbocycles. The number of amides is 2. The molecule has 0 bridgehead atoms. The molecule has 3 atom stereocenters. The molecule has 170 valence electrons. The topological polar surface area (TPSA) is 140 Å². The van der Waals surface area contributed by atoms with Crippen molar-refractivity contribution in [1.82, 2.24) is 9.96 Å². The van der Waals surface area contributed by atoms with Crippen LogP contribution >= 0.6 is 11.8 Å². The summed E-state index contributed by atoms with van der Waals surface area (Å²) in [7, 11) is 1.18. The number of carboxylic acids is 1. The standard InChI is InChI=1S/C20H20N2O9S/c1-11(24)30-8-13-9-32-19-15(17(25)21(19)14(13)20(27)28)22(29-2)18(26)16(31-10-23)12-6-4-3-5-7-12/h3-7,10,15-16,19H,8-9H2,1-2H3,(H,27,28)/t15?,16?,19-/m1/s1. The predicted molar refractivity (Wildman–Crippen MR) is 108 cm³/mol. The number of fused-ring (bicyclic) bond motifs is 1. The number of rotatable bonds is 9. The predicted octanol–water partition coefficient (Wildman–Crippen LogP) is 0.476. The summed E-state index contributed by atoms with van der Waals surface area (Å²) in [6.07, 6.45) is -1.35. The summed E-state index contributed by atoms with van der Waals surface area (Å²) in [6.45, 7) is 1.05. The number of nitrogens with zero attached hydrogens (tertiary/aromatic N) is 2. The summed E-state index contributed by atoms with van der Waals surface area (Å²) in [6, 6.07) is 7.06. The van der Waals surface area contributed by atoms with Crippen molar-refractivity contribution in [2.45, 2.75) is 24.4 Å². The van der Waals surface area contributed by atoms with Gasteiger partial charge in [-0.25, -0.2) is 9.86 Å². The van der Waals surface area contributed by atoms with E-state index in [1.807, 2.05) is 0 Å². The van der Waals surface area contributed by atoms with Gasteiger partial charge in [0, 0.05) is 23.8 Å². The number of esters is 1. The number of hydrogen-bond donors (Lipinski definition) is 1. The maximum absolute atomic E-state index is 13.1. The molecule has 0 spiro atoms. The molecule has 2 aliphatic rings. The Morgan fingerprint density at radius 2 is 2.00 bits per heavy atom. The van der Waals surface area contributed by atoms with Crippen LogP contribution in [0.2, 0.25) is 0 Å². The fourth-order valence-electron chi connectivity index (χ4n) is 3.46. The maximum Gasteiger partial charge on any atom is 0.352 e. The molecule has 1 fully saturated rings. The average molecular weight is 464 g/mol. The highest BCUT2D eigenvalue weighted by Crippen LogP contribution is 2.43. The summed E-state index contributed by atoms with van der Waals surface area (Å²) in [5, 5.41) is 9.70. The van der Waals surface area contributed by atoms with E-state index in [-0.39, 0.29) is 30.1 Å².